The summed E-state index contributed by atoms with van der Waals surface area (Å²) in [5, 5.41) is 0.917. The zero-order valence-corrected chi connectivity index (χ0v) is 9.39. The summed E-state index contributed by atoms with van der Waals surface area (Å²) >= 11 is 7.15. The molecular formula is C9H9ClN2OS. The van der Waals surface area contributed by atoms with Gasteiger partial charge in [0, 0.05) is 6.07 Å². The van der Waals surface area contributed by atoms with E-state index in [0.29, 0.717) is 16.2 Å². The first-order valence-electron chi connectivity index (χ1n) is 3.87. The van der Waals surface area contributed by atoms with Crippen LogP contribution in [-0.4, -0.2) is 22.3 Å². The summed E-state index contributed by atoms with van der Waals surface area (Å²) in [5.74, 6) is 2.84. The van der Waals surface area contributed by atoms with Gasteiger partial charge in [0.2, 0.25) is 5.88 Å². The predicted molar refractivity (Wildman–Crippen MR) is 57.7 cm³/mol. The Kier molecular flexibility index (Phi) is 4.05. The third-order valence-corrected chi connectivity index (χ3v) is 2.11. The van der Waals surface area contributed by atoms with E-state index < -0.39 is 0 Å². The molecule has 0 saturated heterocycles. The van der Waals surface area contributed by atoms with E-state index in [1.165, 1.54) is 17.8 Å². The fourth-order valence-electron chi connectivity index (χ4n) is 0.744. The molecular weight excluding hydrogens is 220 g/mol. The maximum Gasteiger partial charge on any atom is 0.220 e. The molecule has 0 saturated carbocycles. The Morgan fingerprint density at radius 2 is 2.36 bits per heavy atom. The monoisotopic (exact) mass is 228 g/mol. The fourth-order valence-corrected chi connectivity index (χ4v) is 1.34. The molecule has 0 amide bonds. The van der Waals surface area contributed by atoms with Gasteiger partial charge in [0.05, 0.1) is 0 Å². The van der Waals surface area contributed by atoms with E-state index in [9.17, 15) is 0 Å². The highest BCUT2D eigenvalue weighted by atomic mass is 35.5. The molecule has 1 aromatic rings. The molecule has 0 aliphatic heterocycles. The highest BCUT2D eigenvalue weighted by Crippen LogP contribution is 2.19. The normalized spacial score (nSPS) is 11.9. The summed E-state index contributed by atoms with van der Waals surface area (Å²) in [4.78, 5) is 8.06. The minimum absolute atomic E-state index is 0.323. The maximum atomic E-state index is 5.76. The van der Waals surface area contributed by atoms with Gasteiger partial charge < -0.3 is 4.74 Å². The van der Waals surface area contributed by atoms with Gasteiger partial charge in [0.1, 0.15) is 5.15 Å². The summed E-state index contributed by atoms with van der Waals surface area (Å²) in [6.45, 7) is 1.76. The van der Waals surface area contributed by atoms with Gasteiger partial charge in [-0.2, -0.15) is 4.98 Å². The van der Waals surface area contributed by atoms with Crippen LogP contribution < -0.4 is 4.74 Å². The number of terminal acetylenes is 1. The zero-order chi connectivity index (χ0) is 10.6. The van der Waals surface area contributed by atoms with E-state index in [0.717, 1.165) is 0 Å². The standard InChI is InChI=1S/C9H9ClN2OS/c1-4-6(2)13-8-5-7(10)11-9(12-8)14-3/h1,5-6H,2-3H3. The first kappa shape index (κ1) is 11.2. The van der Waals surface area contributed by atoms with Crippen molar-refractivity contribution in [1.29, 1.82) is 0 Å². The van der Waals surface area contributed by atoms with Crippen LogP contribution in [0.4, 0.5) is 0 Å². The van der Waals surface area contributed by atoms with Crippen LogP contribution in [0.3, 0.4) is 0 Å². The van der Waals surface area contributed by atoms with E-state index >= 15 is 0 Å². The number of hydrogen-bond acceptors (Lipinski definition) is 4. The van der Waals surface area contributed by atoms with Gasteiger partial charge in [-0.15, -0.1) is 6.42 Å². The van der Waals surface area contributed by atoms with Gasteiger partial charge in [-0.25, -0.2) is 4.98 Å². The van der Waals surface area contributed by atoms with Crippen LogP contribution in [0, 0.1) is 12.3 Å². The van der Waals surface area contributed by atoms with E-state index in [2.05, 4.69) is 15.9 Å². The summed E-state index contributed by atoms with van der Waals surface area (Å²) in [5.41, 5.74) is 0. The van der Waals surface area contributed by atoms with Crippen molar-refractivity contribution in [3.63, 3.8) is 0 Å². The van der Waals surface area contributed by atoms with Crippen molar-refractivity contribution < 1.29 is 4.74 Å². The molecule has 14 heavy (non-hydrogen) atoms. The largest absolute Gasteiger partial charge is 0.461 e. The average Bonchev–Trinajstić information content (AvgIpc) is 2.16. The van der Waals surface area contributed by atoms with Crippen molar-refractivity contribution in [2.75, 3.05) is 6.26 Å². The Morgan fingerprint density at radius 1 is 1.64 bits per heavy atom. The van der Waals surface area contributed by atoms with Gasteiger partial charge in [0.25, 0.3) is 0 Å². The number of ether oxygens (including phenoxy) is 1. The fraction of sp³-hybridized carbons (Fsp3) is 0.333. The summed E-state index contributed by atoms with van der Waals surface area (Å²) in [7, 11) is 0. The minimum atomic E-state index is -0.323. The number of rotatable bonds is 3. The topological polar surface area (TPSA) is 35.0 Å². The lowest BCUT2D eigenvalue weighted by atomic mass is 10.4. The van der Waals surface area contributed by atoms with Crippen molar-refractivity contribution in [3.05, 3.63) is 11.2 Å². The number of halogens is 1. The molecule has 5 heteroatoms. The van der Waals surface area contributed by atoms with E-state index in [4.69, 9.17) is 22.8 Å². The molecule has 0 aliphatic carbocycles. The van der Waals surface area contributed by atoms with Crippen LogP contribution in [0.1, 0.15) is 6.92 Å². The van der Waals surface area contributed by atoms with Crippen LogP contribution in [0.25, 0.3) is 0 Å². The molecule has 1 atom stereocenters. The molecule has 1 heterocycles. The SMILES string of the molecule is C#CC(C)Oc1cc(Cl)nc(SC)n1. The Labute approximate surface area is 92.2 Å². The highest BCUT2D eigenvalue weighted by Gasteiger charge is 2.05. The third kappa shape index (κ3) is 3.09. The van der Waals surface area contributed by atoms with Crippen molar-refractivity contribution >= 4 is 23.4 Å². The van der Waals surface area contributed by atoms with Gasteiger partial charge in [0.15, 0.2) is 11.3 Å². The first-order chi connectivity index (χ1) is 6.65. The molecule has 1 unspecified atom stereocenters. The van der Waals surface area contributed by atoms with E-state index in [1.807, 2.05) is 6.26 Å². The second kappa shape index (κ2) is 5.08. The van der Waals surface area contributed by atoms with Crippen LogP contribution >= 0.6 is 23.4 Å². The van der Waals surface area contributed by atoms with Crippen molar-refractivity contribution in [3.8, 4) is 18.2 Å². The highest BCUT2D eigenvalue weighted by molar-refractivity contribution is 7.98. The summed E-state index contributed by atoms with van der Waals surface area (Å²) < 4.78 is 5.30. The number of hydrogen-bond donors (Lipinski definition) is 0. The first-order valence-corrected chi connectivity index (χ1v) is 5.47. The van der Waals surface area contributed by atoms with Crippen LogP contribution in [-0.2, 0) is 0 Å². The molecule has 0 radical (unpaired) electrons. The predicted octanol–water partition coefficient (Wildman–Crippen LogP) is 2.25. The van der Waals surface area contributed by atoms with Crippen molar-refractivity contribution in [2.45, 2.75) is 18.2 Å². The average molecular weight is 229 g/mol. The van der Waals surface area contributed by atoms with Crippen LogP contribution in [0.2, 0.25) is 5.15 Å². The Bertz CT molecular complexity index is 364. The number of aromatic nitrogens is 2. The lowest BCUT2D eigenvalue weighted by molar-refractivity contribution is 0.265. The van der Waals surface area contributed by atoms with E-state index in [1.54, 1.807) is 6.92 Å². The molecule has 3 nitrogen and oxygen atoms in total. The van der Waals surface area contributed by atoms with Gasteiger partial charge >= 0.3 is 0 Å². The number of thioether (sulfide) groups is 1. The molecule has 1 aromatic heterocycles. The van der Waals surface area contributed by atoms with Crippen molar-refractivity contribution in [2.24, 2.45) is 0 Å². The lowest BCUT2D eigenvalue weighted by Crippen LogP contribution is -2.09. The second-order valence-corrected chi connectivity index (χ2v) is 3.60. The molecule has 0 aromatic carbocycles. The van der Waals surface area contributed by atoms with Crippen LogP contribution in [0.5, 0.6) is 5.88 Å². The Hall–Kier alpha value is -0.920. The zero-order valence-electron chi connectivity index (χ0n) is 7.82. The van der Waals surface area contributed by atoms with E-state index in [-0.39, 0.29) is 6.10 Å². The molecule has 1 rings (SSSR count). The molecule has 0 fully saturated rings. The molecule has 0 aliphatic rings. The quantitative estimate of drug-likeness (QED) is 0.344. The second-order valence-electron chi connectivity index (χ2n) is 2.44. The van der Waals surface area contributed by atoms with Gasteiger partial charge in [-0.3, -0.25) is 0 Å². The Morgan fingerprint density at radius 3 is 2.93 bits per heavy atom. The van der Waals surface area contributed by atoms with Gasteiger partial charge in [-0.1, -0.05) is 29.3 Å². The number of nitrogens with zero attached hydrogens (tertiary/aromatic N) is 2. The Balaban J connectivity index is 2.87. The lowest BCUT2D eigenvalue weighted by Gasteiger charge is -2.08. The minimum Gasteiger partial charge on any atom is -0.461 e. The third-order valence-electron chi connectivity index (χ3n) is 1.37. The van der Waals surface area contributed by atoms with Crippen LogP contribution in [0.15, 0.2) is 11.2 Å². The smallest absolute Gasteiger partial charge is 0.220 e. The molecule has 74 valence electrons. The summed E-state index contributed by atoms with van der Waals surface area (Å²) in [6.07, 6.45) is 6.71. The maximum absolute atomic E-state index is 5.76. The summed E-state index contributed by atoms with van der Waals surface area (Å²) in [6, 6.07) is 1.54. The van der Waals surface area contributed by atoms with Gasteiger partial charge in [-0.05, 0) is 13.2 Å². The molecule has 0 N–H and O–H groups in total. The molecule has 0 spiro atoms. The molecule has 0 bridgehead atoms. The van der Waals surface area contributed by atoms with Crippen molar-refractivity contribution in [1.82, 2.24) is 9.97 Å².